The SMILES string of the molecule is [CH2]c1cccc(C(F)(F)F)c1OCC. The van der Waals surface area contributed by atoms with Crippen LogP contribution in [-0.4, -0.2) is 6.61 Å². The molecule has 1 aromatic carbocycles. The van der Waals surface area contributed by atoms with Crippen LogP contribution in [0.25, 0.3) is 0 Å². The second-order valence-electron chi connectivity index (χ2n) is 2.72. The Bertz CT molecular complexity index is 318. The van der Waals surface area contributed by atoms with Gasteiger partial charge in [-0.1, -0.05) is 12.1 Å². The van der Waals surface area contributed by atoms with Crippen LogP contribution in [0.15, 0.2) is 18.2 Å². The highest BCUT2D eigenvalue weighted by atomic mass is 19.4. The highest BCUT2D eigenvalue weighted by Crippen LogP contribution is 2.37. The summed E-state index contributed by atoms with van der Waals surface area (Å²) in [5.41, 5.74) is -0.520. The fraction of sp³-hybridized carbons (Fsp3) is 0.300. The first-order valence-electron chi connectivity index (χ1n) is 4.11. The van der Waals surface area contributed by atoms with E-state index in [4.69, 9.17) is 4.74 Å². The van der Waals surface area contributed by atoms with Crippen molar-refractivity contribution in [3.63, 3.8) is 0 Å². The van der Waals surface area contributed by atoms with E-state index in [1.165, 1.54) is 12.1 Å². The van der Waals surface area contributed by atoms with Crippen LogP contribution in [0.4, 0.5) is 13.2 Å². The molecule has 0 fully saturated rings. The van der Waals surface area contributed by atoms with Gasteiger partial charge in [0.1, 0.15) is 5.75 Å². The van der Waals surface area contributed by atoms with E-state index in [9.17, 15) is 13.2 Å². The Morgan fingerprint density at radius 2 is 2.00 bits per heavy atom. The predicted octanol–water partition coefficient (Wildman–Crippen LogP) is 3.29. The highest BCUT2D eigenvalue weighted by Gasteiger charge is 2.34. The molecular weight excluding hydrogens is 193 g/mol. The predicted molar refractivity (Wildman–Crippen MR) is 47.1 cm³/mol. The number of hydrogen-bond acceptors (Lipinski definition) is 1. The third-order valence-electron chi connectivity index (χ3n) is 1.69. The van der Waals surface area contributed by atoms with E-state index in [-0.39, 0.29) is 17.9 Å². The molecule has 4 heteroatoms. The summed E-state index contributed by atoms with van der Waals surface area (Å²) in [5, 5.41) is 0. The lowest BCUT2D eigenvalue weighted by atomic mass is 10.1. The second-order valence-corrected chi connectivity index (χ2v) is 2.72. The molecule has 0 heterocycles. The van der Waals surface area contributed by atoms with E-state index in [0.29, 0.717) is 0 Å². The van der Waals surface area contributed by atoms with Crippen molar-refractivity contribution in [1.82, 2.24) is 0 Å². The highest BCUT2D eigenvalue weighted by molar-refractivity contribution is 5.44. The average molecular weight is 203 g/mol. The summed E-state index contributed by atoms with van der Waals surface area (Å²) >= 11 is 0. The molecule has 0 aliphatic rings. The van der Waals surface area contributed by atoms with Crippen molar-refractivity contribution in [2.75, 3.05) is 6.61 Å². The van der Waals surface area contributed by atoms with Crippen molar-refractivity contribution < 1.29 is 17.9 Å². The second kappa shape index (κ2) is 3.90. The van der Waals surface area contributed by atoms with Crippen LogP contribution in [0.2, 0.25) is 0 Å². The van der Waals surface area contributed by atoms with Gasteiger partial charge in [-0.15, -0.1) is 0 Å². The Morgan fingerprint density at radius 3 is 2.50 bits per heavy atom. The van der Waals surface area contributed by atoms with Crippen molar-refractivity contribution in [3.05, 3.63) is 36.2 Å². The summed E-state index contributed by atoms with van der Waals surface area (Å²) in [5.74, 6) is -0.178. The Balaban J connectivity index is 3.21. The summed E-state index contributed by atoms with van der Waals surface area (Å²) in [4.78, 5) is 0. The fourth-order valence-electron chi connectivity index (χ4n) is 1.12. The van der Waals surface area contributed by atoms with Gasteiger partial charge in [-0.05, 0) is 25.5 Å². The topological polar surface area (TPSA) is 9.23 Å². The van der Waals surface area contributed by atoms with E-state index in [1.807, 2.05) is 0 Å². The van der Waals surface area contributed by atoms with E-state index in [1.54, 1.807) is 6.92 Å². The molecule has 0 unspecified atom stereocenters. The molecule has 1 rings (SSSR count). The van der Waals surface area contributed by atoms with E-state index in [0.717, 1.165) is 6.07 Å². The van der Waals surface area contributed by atoms with Crippen molar-refractivity contribution in [3.8, 4) is 5.75 Å². The van der Waals surface area contributed by atoms with E-state index >= 15 is 0 Å². The van der Waals surface area contributed by atoms with Gasteiger partial charge in [-0.2, -0.15) is 13.2 Å². The molecule has 77 valence electrons. The van der Waals surface area contributed by atoms with Crippen LogP contribution in [0.1, 0.15) is 18.1 Å². The van der Waals surface area contributed by atoms with Gasteiger partial charge in [0.15, 0.2) is 0 Å². The first-order chi connectivity index (χ1) is 6.46. The van der Waals surface area contributed by atoms with Gasteiger partial charge in [0.25, 0.3) is 0 Å². The first-order valence-corrected chi connectivity index (χ1v) is 4.11. The third kappa shape index (κ3) is 2.19. The molecule has 0 saturated carbocycles. The van der Waals surface area contributed by atoms with Gasteiger partial charge in [0.2, 0.25) is 0 Å². The largest absolute Gasteiger partial charge is 0.493 e. The summed E-state index contributed by atoms with van der Waals surface area (Å²) in [7, 11) is 0. The number of ether oxygens (including phenoxy) is 1. The zero-order valence-electron chi connectivity index (χ0n) is 7.69. The molecule has 0 aliphatic carbocycles. The number of benzene rings is 1. The number of rotatable bonds is 2. The maximum Gasteiger partial charge on any atom is 0.419 e. The average Bonchev–Trinajstić information content (AvgIpc) is 2.07. The van der Waals surface area contributed by atoms with Crippen molar-refractivity contribution in [1.29, 1.82) is 0 Å². The minimum absolute atomic E-state index is 0.178. The maximum absolute atomic E-state index is 12.4. The molecule has 0 amide bonds. The van der Waals surface area contributed by atoms with Crippen LogP contribution in [-0.2, 0) is 6.18 Å². The molecule has 0 bridgehead atoms. The summed E-state index contributed by atoms with van der Waals surface area (Å²) in [6.45, 7) is 5.31. The van der Waals surface area contributed by atoms with Crippen molar-refractivity contribution in [2.45, 2.75) is 13.1 Å². The van der Waals surface area contributed by atoms with Crippen LogP contribution in [0.5, 0.6) is 5.75 Å². The normalized spacial score (nSPS) is 11.5. The Hall–Kier alpha value is -1.19. The monoisotopic (exact) mass is 203 g/mol. The molecule has 0 spiro atoms. The molecular formula is C10H10F3O. The van der Waals surface area contributed by atoms with Crippen LogP contribution in [0.3, 0.4) is 0 Å². The zero-order valence-corrected chi connectivity index (χ0v) is 7.69. The molecule has 1 aromatic rings. The summed E-state index contributed by atoms with van der Waals surface area (Å²) in [6.07, 6.45) is -4.39. The van der Waals surface area contributed by atoms with Crippen LogP contribution in [0, 0.1) is 6.92 Å². The number of halogens is 3. The lowest BCUT2D eigenvalue weighted by Gasteiger charge is -2.14. The Labute approximate surface area is 80.5 Å². The first kappa shape index (κ1) is 10.9. The fourth-order valence-corrected chi connectivity index (χ4v) is 1.12. The quantitative estimate of drug-likeness (QED) is 0.716. The smallest absolute Gasteiger partial charge is 0.419 e. The molecule has 1 radical (unpaired) electrons. The van der Waals surface area contributed by atoms with Crippen LogP contribution < -0.4 is 4.74 Å². The zero-order chi connectivity index (χ0) is 10.8. The van der Waals surface area contributed by atoms with Gasteiger partial charge in [0, 0.05) is 0 Å². The van der Waals surface area contributed by atoms with Gasteiger partial charge in [0.05, 0.1) is 12.2 Å². The number of para-hydroxylation sites is 1. The minimum Gasteiger partial charge on any atom is -0.493 e. The standard InChI is InChI=1S/C10H10F3O/c1-3-14-9-7(2)5-4-6-8(9)10(11,12)13/h4-6H,2-3H2,1H3. The molecule has 0 N–H and O–H groups in total. The molecule has 14 heavy (non-hydrogen) atoms. The summed E-state index contributed by atoms with van der Waals surface area (Å²) < 4.78 is 42.2. The van der Waals surface area contributed by atoms with Crippen LogP contribution >= 0.6 is 0 Å². The molecule has 0 aliphatic heterocycles. The van der Waals surface area contributed by atoms with Gasteiger partial charge in [-0.3, -0.25) is 0 Å². The Kier molecular flexibility index (Phi) is 3.03. The van der Waals surface area contributed by atoms with Gasteiger partial charge >= 0.3 is 6.18 Å². The number of hydrogen-bond donors (Lipinski definition) is 0. The minimum atomic E-state index is -4.39. The molecule has 0 saturated heterocycles. The summed E-state index contributed by atoms with van der Waals surface area (Å²) in [6, 6.07) is 3.79. The van der Waals surface area contributed by atoms with Gasteiger partial charge in [-0.25, -0.2) is 0 Å². The van der Waals surface area contributed by atoms with E-state index in [2.05, 4.69) is 6.92 Å². The molecule has 1 nitrogen and oxygen atoms in total. The van der Waals surface area contributed by atoms with Crippen molar-refractivity contribution in [2.24, 2.45) is 0 Å². The maximum atomic E-state index is 12.4. The Morgan fingerprint density at radius 1 is 1.36 bits per heavy atom. The lowest BCUT2D eigenvalue weighted by Crippen LogP contribution is -2.09. The van der Waals surface area contributed by atoms with Gasteiger partial charge < -0.3 is 4.74 Å². The molecule has 0 aromatic heterocycles. The third-order valence-corrected chi connectivity index (χ3v) is 1.69. The van der Waals surface area contributed by atoms with E-state index < -0.39 is 11.7 Å². The lowest BCUT2D eigenvalue weighted by molar-refractivity contribution is -0.138. The number of alkyl halides is 3. The van der Waals surface area contributed by atoms with Crippen molar-refractivity contribution >= 4 is 0 Å². The molecule has 0 atom stereocenters.